The molecule has 2 amide bonds. The number of amides is 2. The molecule has 2 aliphatic heterocycles. The number of hydrogen-bond acceptors (Lipinski definition) is 5. The Morgan fingerprint density at radius 1 is 1.14 bits per heavy atom. The Balaban J connectivity index is 1.29. The Morgan fingerprint density at radius 2 is 2.00 bits per heavy atom. The van der Waals surface area contributed by atoms with Crippen LogP contribution in [0.4, 0.5) is 5.82 Å². The molecular weight excluding hydrogens is 372 g/mol. The summed E-state index contributed by atoms with van der Waals surface area (Å²) in [6.45, 7) is 3.84. The molecule has 0 saturated carbocycles. The molecule has 2 aromatic heterocycles. The van der Waals surface area contributed by atoms with Gasteiger partial charge in [-0.1, -0.05) is 12.1 Å². The van der Waals surface area contributed by atoms with E-state index in [9.17, 15) is 9.59 Å². The number of hydrogen-bond donors (Lipinski definition) is 1. The first-order chi connectivity index (χ1) is 13.7. The Morgan fingerprint density at radius 3 is 2.71 bits per heavy atom. The van der Waals surface area contributed by atoms with Crippen molar-refractivity contribution in [2.24, 2.45) is 5.92 Å². The Kier molecular flexibility index (Phi) is 5.90. The van der Waals surface area contributed by atoms with E-state index in [0.717, 1.165) is 48.7 Å². The van der Waals surface area contributed by atoms with Gasteiger partial charge in [0.2, 0.25) is 5.91 Å². The first kappa shape index (κ1) is 18.9. The summed E-state index contributed by atoms with van der Waals surface area (Å²) in [4.78, 5) is 34.6. The fourth-order valence-corrected chi connectivity index (χ4v) is 4.61. The smallest absolute Gasteiger partial charge is 0.263 e. The Labute approximate surface area is 169 Å². The molecule has 28 heavy (non-hydrogen) atoms. The zero-order valence-electron chi connectivity index (χ0n) is 16.0. The van der Waals surface area contributed by atoms with Crippen LogP contribution in [0.2, 0.25) is 0 Å². The zero-order chi connectivity index (χ0) is 19.3. The maximum Gasteiger partial charge on any atom is 0.263 e. The predicted molar refractivity (Wildman–Crippen MR) is 110 cm³/mol. The highest BCUT2D eigenvalue weighted by Crippen LogP contribution is 2.21. The van der Waals surface area contributed by atoms with Crippen LogP contribution in [0.3, 0.4) is 0 Å². The highest BCUT2D eigenvalue weighted by atomic mass is 32.1. The quantitative estimate of drug-likeness (QED) is 0.841. The first-order valence-electron chi connectivity index (χ1n) is 10.0. The van der Waals surface area contributed by atoms with Gasteiger partial charge in [-0.05, 0) is 48.8 Å². The first-order valence-corrected chi connectivity index (χ1v) is 10.9. The van der Waals surface area contributed by atoms with Crippen molar-refractivity contribution in [3.63, 3.8) is 0 Å². The lowest BCUT2D eigenvalue weighted by Gasteiger charge is -2.31. The summed E-state index contributed by atoms with van der Waals surface area (Å²) < 4.78 is 0. The lowest BCUT2D eigenvalue weighted by atomic mass is 9.97. The minimum atomic E-state index is -0.144. The third-order valence-corrected chi connectivity index (χ3v) is 6.38. The van der Waals surface area contributed by atoms with Crippen molar-refractivity contribution in [3.8, 4) is 0 Å². The summed E-state index contributed by atoms with van der Waals surface area (Å²) in [6.07, 6.45) is 5.99. The number of thiophene rings is 1. The minimum absolute atomic E-state index is 0.0206. The molecule has 6 nitrogen and oxygen atoms in total. The summed E-state index contributed by atoms with van der Waals surface area (Å²) >= 11 is 1.45. The molecular formula is C21H26N4O2S. The SMILES string of the molecule is O=C(NCc1ccc(N2CCCC2)nc1)C1CCCN(C(=O)c2cccs2)C1. The van der Waals surface area contributed by atoms with Crippen molar-refractivity contribution < 1.29 is 9.59 Å². The zero-order valence-corrected chi connectivity index (χ0v) is 16.8. The van der Waals surface area contributed by atoms with Gasteiger partial charge in [0.15, 0.2) is 0 Å². The standard InChI is InChI=1S/C21H26N4O2S/c26-20(17-5-3-11-25(15-17)21(27)18-6-4-12-28-18)23-14-16-7-8-19(22-13-16)24-9-1-2-10-24/h4,6-8,12-13,17H,1-3,5,9-11,14-15H2,(H,23,26). The monoisotopic (exact) mass is 398 g/mol. The van der Waals surface area contributed by atoms with E-state index in [0.29, 0.717) is 13.1 Å². The summed E-state index contributed by atoms with van der Waals surface area (Å²) in [6, 6.07) is 7.80. The van der Waals surface area contributed by atoms with E-state index >= 15 is 0 Å². The molecule has 0 radical (unpaired) electrons. The van der Waals surface area contributed by atoms with Gasteiger partial charge in [0, 0.05) is 38.9 Å². The molecule has 4 heterocycles. The number of likely N-dealkylation sites (tertiary alicyclic amines) is 1. The van der Waals surface area contributed by atoms with E-state index in [1.54, 1.807) is 0 Å². The Bertz CT molecular complexity index is 800. The van der Waals surface area contributed by atoms with E-state index in [1.807, 2.05) is 40.7 Å². The molecule has 0 spiro atoms. The van der Waals surface area contributed by atoms with Crippen LogP contribution in [0.5, 0.6) is 0 Å². The van der Waals surface area contributed by atoms with E-state index in [2.05, 4.69) is 15.2 Å². The van der Waals surface area contributed by atoms with E-state index < -0.39 is 0 Å². The lowest BCUT2D eigenvalue weighted by Crippen LogP contribution is -2.45. The van der Waals surface area contributed by atoms with Crippen LogP contribution in [0.1, 0.15) is 40.9 Å². The number of nitrogens with one attached hydrogen (secondary N) is 1. The van der Waals surface area contributed by atoms with Crippen molar-refractivity contribution in [2.45, 2.75) is 32.2 Å². The molecule has 0 aromatic carbocycles. The Hall–Kier alpha value is -2.41. The number of rotatable bonds is 5. The third-order valence-electron chi connectivity index (χ3n) is 5.52. The van der Waals surface area contributed by atoms with Crippen LogP contribution in [-0.4, -0.2) is 47.9 Å². The number of carbonyl (C=O) groups is 2. The van der Waals surface area contributed by atoms with Crippen molar-refractivity contribution in [2.75, 3.05) is 31.1 Å². The van der Waals surface area contributed by atoms with Gasteiger partial charge in [0.05, 0.1) is 10.8 Å². The summed E-state index contributed by atoms with van der Waals surface area (Å²) in [7, 11) is 0. The second-order valence-corrected chi connectivity index (χ2v) is 8.45. The molecule has 7 heteroatoms. The van der Waals surface area contributed by atoms with E-state index in [1.165, 1.54) is 24.2 Å². The van der Waals surface area contributed by atoms with E-state index in [-0.39, 0.29) is 17.7 Å². The predicted octanol–water partition coefficient (Wildman–Crippen LogP) is 2.91. The number of aromatic nitrogens is 1. The molecule has 2 aliphatic rings. The minimum Gasteiger partial charge on any atom is -0.357 e. The van der Waals surface area contributed by atoms with Gasteiger partial charge >= 0.3 is 0 Å². The average Bonchev–Trinajstić information content (AvgIpc) is 3.46. The van der Waals surface area contributed by atoms with Gasteiger partial charge < -0.3 is 15.1 Å². The summed E-state index contributed by atoms with van der Waals surface area (Å²) in [5.74, 6) is 0.929. The lowest BCUT2D eigenvalue weighted by molar-refractivity contribution is -0.126. The highest BCUT2D eigenvalue weighted by molar-refractivity contribution is 7.12. The number of carbonyl (C=O) groups excluding carboxylic acids is 2. The average molecular weight is 399 g/mol. The third kappa shape index (κ3) is 4.35. The van der Waals surface area contributed by atoms with Crippen molar-refractivity contribution >= 4 is 29.0 Å². The molecule has 1 atom stereocenters. The van der Waals surface area contributed by atoms with Crippen LogP contribution in [0.25, 0.3) is 0 Å². The fraction of sp³-hybridized carbons (Fsp3) is 0.476. The van der Waals surface area contributed by atoms with Gasteiger partial charge in [-0.2, -0.15) is 0 Å². The maximum atomic E-state index is 12.6. The van der Waals surface area contributed by atoms with Crippen LogP contribution in [0, 0.1) is 5.92 Å². The van der Waals surface area contributed by atoms with Crippen molar-refractivity contribution in [1.82, 2.24) is 15.2 Å². The highest BCUT2D eigenvalue weighted by Gasteiger charge is 2.29. The molecule has 1 unspecified atom stereocenters. The summed E-state index contributed by atoms with van der Waals surface area (Å²) in [5.41, 5.74) is 0.999. The van der Waals surface area contributed by atoms with Crippen LogP contribution >= 0.6 is 11.3 Å². The maximum absolute atomic E-state index is 12.6. The topological polar surface area (TPSA) is 65.5 Å². The summed E-state index contributed by atoms with van der Waals surface area (Å²) in [5, 5.41) is 4.93. The second-order valence-electron chi connectivity index (χ2n) is 7.50. The molecule has 2 saturated heterocycles. The van der Waals surface area contributed by atoms with Gasteiger partial charge in [-0.15, -0.1) is 11.3 Å². The van der Waals surface area contributed by atoms with Gasteiger partial charge in [-0.3, -0.25) is 9.59 Å². The number of pyridine rings is 1. The van der Waals surface area contributed by atoms with Gasteiger partial charge in [0.1, 0.15) is 5.82 Å². The largest absolute Gasteiger partial charge is 0.357 e. The molecule has 0 aliphatic carbocycles. The van der Waals surface area contributed by atoms with E-state index in [4.69, 9.17) is 0 Å². The molecule has 1 N–H and O–H groups in total. The number of anilines is 1. The normalized spacial score (nSPS) is 19.6. The molecule has 2 fully saturated rings. The van der Waals surface area contributed by atoms with Crippen LogP contribution in [-0.2, 0) is 11.3 Å². The van der Waals surface area contributed by atoms with Crippen LogP contribution in [0.15, 0.2) is 35.8 Å². The molecule has 0 bridgehead atoms. The second kappa shape index (κ2) is 8.73. The van der Waals surface area contributed by atoms with Crippen molar-refractivity contribution in [1.29, 1.82) is 0 Å². The van der Waals surface area contributed by atoms with Gasteiger partial charge in [-0.25, -0.2) is 4.98 Å². The number of piperidine rings is 1. The number of nitrogens with zero attached hydrogens (tertiary/aromatic N) is 3. The van der Waals surface area contributed by atoms with Gasteiger partial charge in [0.25, 0.3) is 5.91 Å². The van der Waals surface area contributed by atoms with Crippen LogP contribution < -0.4 is 10.2 Å². The van der Waals surface area contributed by atoms with Crippen molar-refractivity contribution in [3.05, 3.63) is 46.3 Å². The molecule has 4 rings (SSSR count). The molecule has 148 valence electrons. The fourth-order valence-electron chi connectivity index (χ4n) is 3.92. The molecule has 2 aromatic rings.